The first kappa shape index (κ1) is 21.0. The second kappa shape index (κ2) is 8.72. The minimum Gasteiger partial charge on any atom is -0.349 e. The Balaban J connectivity index is 1.82. The van der Waals surface area contributed by atoms with Gasteiger partial charge in [-0.15, -0.1) is 0 Å². The van der Waals surface area contributed by atoms with Gasteiger partial charge in [0.2, 0.25) is 10.0 Å². The Kier molecular flexibility index (Phi) is 6.53. The fourth-order valence-electron chi connectivity index (χ4n) is 3.34. The van der Waals surface area contributed by atoms with E-state index in [1.165, 1.54) is 4.31 Å². The van der Waals surface area contributed by atoms with Crippen molar-refractivity contribution in [1.82, 2.24) is 5.32 Å². The molecule has 150 valence electrons. The van der Waals surface area contributed by atoms with Crippen molar-refractivity contribution in [2.24, 2.45) is 0 Å². The highest BCUT2D eigenvalue weighted by atomic mass is 35.5. The molecule has 0 heterocycles. The third-order valence-electron chi connectivity index (χ3n) is 4.87. The van der Waals surface area contributed by atoms with Gasteiger partial charge in [-0.25, -0.2) is 8.42 Å². The molecule has 28 heavy (non-hydrogen) atoms. The van der Waals surface area contributed by atoms with Crippen LogP contribution in [-0.4, -0.2) is 26.6 Å². The highest BCUT2D eigenvalue weighted by Crippen LogP contribution is 2.29. The van der Waals surface area contributed by atoms with Crippen LogP contribution in [0.25, 0.3) is 0 Å². The number of hydrogen-bond donors (Lipinski definition) is 1. The minimum absolute atomic E-state index is 0.00492. The first-order chi connectivity index (χ1) is 13.3. The summed E-state index contributed by atoms with van der Waals surface area (Å²) in [7, 11) is -3.59. The van der Waals surface area contributed by atoms with Gasteiger partial charge in [0.1, 0.15) is 0 Å². The third-order valence-corrected chi connectivity index (χ3v) is 6.72. The van der Waals surface area contributed by atoms with E-state index in [-0.39, 0.29) is 18.5 Å². The van der Waals surface area contributed by atoms with Crippen molar-refractivity contribution in [3.8, 4) is 0 Å². The Morgan fingerprint density at radius 3 is 2.18 bits per heavy atom. The molecular weight excluding hydrogens is 419 g/mol. The lowest BCUT2D eigenvalue weighted by Crippen LogP contribution is -2.32. The number of sulfonamides is 1. The molecule has 0 atom stereocenters. The maximum atomic E-state index is 12.4. The molecule has 5 nitrogen and oxygen atoms in total. The monoisotopic (exact) mass is 440 g/mol. The third kappa shape index (κ3) is 4.99. The molecule has 0 saturated heterocycles. The predicted molar refractivity (Wildman–Crippen MR) is 114 cm³/mol. The molecule has 0 spiro atoms. The summed E-state index contributed by atoms with van der Waals surface area (Å²) in [6.45, 7) is 0.00492. The molecule has 1 aliphatic rings. The normalized spacial score (nSPS) is 14.8. The minimum atomic E-state index is -3.59. The van der Waals surface area contributed by atoms with Gasteiger partial charge in [-0.2, -0.15) is 0 Å². The Morgan fingerprint density at radius 2 is 1.64 bits per heavy atom. The van der Waals surface area contributed by atoms with Crippen LogP contribution in [0.3, 0.4) is 0 Å². The topological polar surface area (TPSA) is 66.5 Å². The molecule has 0 bridgehead atoms. The molecule has 1 aliphatic carbocycles. The van der Waals surface area contributed by atoms with Crippen molar-refractivity contribution in [2.45, 2.75) is 38.3 Å². The summed E-state index contributed by atoms with van der Waals surface area (Å²) >= 11 is 12.4. The fourth-order valence-corrected chi connectivity index (χ4v) is 4.73. The van der Waals surface area contributed by atoms with Crippen LogP contribution in [0.4, 0.5) is 5.69 Å². The quantitative estimate of drug-likeness (QED) is 0.711. The van der Waals surface area contributed by atoms with E-state index >= 15 is 0 Å². The molecule has 1 amide bonds. The largest absolute Gasteiger partial charge is 0.349 e. The maximum Gasteiger partial charge on any atom is 0.251 e. The standard InChI is InChI=1S/C20H22Cl2N2O3S/c1-28(26,27)24(13-17-18(21)7-4-8-19(17)22)16-11-9-14(10-12-16)20(25)23-15-5-2-3-6-15/h4,7-12,15H,2-3,5-6,13H2,1H3,(H,23,25). The summed E-state index contributed by atoms with van der Waals surface area (Å²) in [5, 5.41) is 3.82. The summed E-state index contributed by atoms with van der Waals surface area (Å²) in [6, 6.07) is 11.8. The summed E-state index contributed by atoms with van der Waals surface area (Å²) in [5.41, 5.74) is 1.47. The summed E-state index contributed by atoms with van der Waals surface area (Å²) in [5.74, 6) is -0.140. The number of benzene rings is 2. The molecule has 1 saturated carbocycles. The van der Waals surface area contributed by atoms with Gasteiger partial charge in [-0.05, 0) is 49.2 Å². The lowest BCUT2D eigenvalue weighted by Gasteiger charge is -2.24. The molecule has 3 rings (SSSR count). The Morgan fingerprint density at radius 1 is 1.07 bits per heavy atom. The average molecular weight is 441 g/mol. The van der Waals surface area contributed by atoms with Crippen molar-refractivity contribution in [1.29, 1.82) is 0 Å². The lowest BCUT2D eigenvalue weighted by molar-refractivity contribution is 0.0938. The molecule has 1 N–H and O–H groups in total. The number of carbonyl (C=O) groups is 1. The smallest absolute Gasteiger partial charge is 0.251 e. The van der Waals surface area contributed by atoms with Crippen molar-refractivity contribution in [3.05, 3.63) is 63.6 Å². The van der Waals surface area contributed by atoms with Crippen molar-refractivity contribution in [3.63, 3.8) is 0 Å². The first-order valence-corrected chi connectivity index (χ1v) is 11.7. The Labute approximate surface area is 175 Å². The Bertz CT molecular complexity index is 936. The number of carbonyl (C=O) groups excluding carboxylic acids is 1. The van der Waals surface area contributed by atoms with Crippen LogP contribution in [0.5, 0.6) is 0 Å². The predicted octanol–water partition coefficient (Wildman–Crippen LogP) is 4.63. The van der Waals surface area contributed by atoms with Gasteiger partial charge in [-0.3, -0.25) is 9.10 Å². The van der Waals surface area contributed by atoms with Crippen LogP contribution in [0.15, 0.2) is 42.5 Å². The van der Waals surface area contributed by atoms with Crippen molar-refractivity contribution >= 4 is 44.8 Å². The van der Waals surface area contributed by atoms with E-state index in [9.17, 15) is 13.2 Å². The van der Waals surface area contributed by atoms with Crippen molar-refractivity contribution < 1.29 is 13.2 Å². The van der Waals surface area contributed by atoms with E-state index in [0.29, 0.717) is 26.9 Å². The highest BCUT2D eigenvalue weighted by Gasteiger charge is 2.22. The van der Waals surface area contributed by atoms with Gasteiger partial charge >= 0.3 is 0 Å². The van der Waals surface area contributed by atoms with E-state index in [1.807, 2.05) is 0 Å². The number of amides is 1. The molecule has 0 unspecified atom stereocenters. The van der Waals surface area contributed by atoms with Gasteiger partial charge in [-0.1, -0.05) is 42.1 Å². The second-order valence-corrected chi connectivity index (χ2v) is 9.69. The molecule has 8 heteroatoms. The van der Waals surface area contributed by atoms with E-state index in [2.05, 4.69) is 5.32 Å². The summed E-state index contributed by atoms with van der Waals surface area (Å²) in [6.07, 6.45) is 5.41. The van der Waals surface area contributed by atoms with E-state index in [0.717, 1.165) is 31.9 Å². The second-order valence-electron chi connectivity index (χ2n) is 6.97. The maximum absolute atomic E-state index is 12.4. The molecule has 0 radical (unpaired) electrons. The number of nitrogens with zero attached hydrogens (tertiary/aromatic N) is 1. The Hall–Kier alpha value is -1.76. The molecule has 2 aromatic rings. The van der Waals surface area contributed by atoms with Crippen molar-refractivity contribution in [2.75, 3.05) is 10.6 Å². The fraction of sp³-hybridized carbons (Fsp3) is 0.350. The van der Waals surface area contributed by atoms with Crippen LogP contribution in [0.2, 0.25) is 10.0 Å². The number of rotatable bonds is 6. The van der Waals surface area contributed by atoms with Crippen LogP contribution in [0.1, 0.15) is 41.6 Å². The lowest BCUT2D eigenvalue weighted by atomic mass is 10.1. The molecular formula is C20H22Cl2N2O3S. The van der Waals surface area contributed by atoms with E-state index < -0.39 is 10.0 Å². The van der Waals surface area contributed by atoms with E-state index in [1.54, 1.807) is 42.5 Å². The number of anilines is 1. The number of nitrogens with one attached hydrogen (secondary N) is 1. The van der Waals surface area contributed by atoms with Crippen LogP contribution < -0.4 is 9.62 Å². The van der Waals surface area contributed by atoms with Crippen LogP contribution in [-0.2, 0) is 16.6 Å². The molecule has 0 aromatic heterocycles. The zero-order valence-corrected chi connectivity index (χ0v) is 17.8. The first-order valence-electron chi connectivity index (χ1n) is 9.07. The van der Waals surface area contributed by atoms with Gasteiger partial charge in [0.25, 0.3) is 5.91 Å². The van der Waals surface area contributed by atoms with E-state index in [4.69, 9.17) is 23.2 Å². The van der Waals surface area contributed by atoms with Gasteiger partial charge in [0.15, 0.2) is 0 Å². The van der Waals surface area contributed by atoms with Crippen LogP contribution >= 0.6 is 23.2 Å². The highest BCUT2D eigenvalue weighted by molar-refractivity contribution is 7.92. The molecule has 2 aromatic carbocycles. The number of halogens is 2. The average Bonchev–Trinajstić information content (AvgIpc) is 3.13. The zero-order chi connectivity index (χ0) is 20.3. The van der Waals surface area contributed by atoms with Gasteiger partial charge in [0.05, 0.1) is 18.5 Å². The summed E-state index contributed by atoms with van der Waals surface area (Å²) < 4.78 is 26.0. The van der Waals surface area contributed by atoms with Crippen LogP contribution in [0, 0.1) is 0 Å². The number of hydrogen-bond acceptors (Lipinski definition) is 3. The molecule has 0 aliphatic heterocycles. The van der Waals surface area contributed by atoms with Gasteiger partial charge in [0, 0.05) is 27.2 Å². The summed E-state index contributed by atoms with van der Waals surface area (Å²) in [4.78, 5) is 12.4. The van der Waals surface area contributed by atoms with Gasteiger partial charge < -0.3 is 5.32 Å². The zero-order valence-electron chi connectivity index (χ0n) is 15.5. The SMILES string of the molecule is CS(=O)(=O)N(Cc1c(Cl)cccc1Cl)c1ccc(C(=O)NC2CCCC2)cc1. The molecule has 1 fully saturated rings.